The van der Waals surface area contributed by atoms with Gasteiger partial charge in [0.2, 0.25) is 0 Å². The summed E-state index contributed by atoms with van der Waals surface area (Å²) >= 11 is 13.4. The van der Waals surface area contributed by atoms with Gasteiger partial charge in [0.25, 0.3) is 5.91 Å². The van der Waals surface area contributed by atoms with Crippen LogP contribution in [-0.4, -0.2) is 28.4 Å². The molecule has 1 spiro atoms. The Kier molecular flexibility index (Phi) is 5.40. The average Bonchev–Trinajstić information content (AvgIpc) is 3.09. The van der Waals surface area contributed by atoms with E-state index in [0.717, 1.165) is 29.1 Å². The van der Waals surface area contributed by atoms with Crippen LogP contribution >= 0.6 is 35.0 Å². The fourth-order valence-corrected chi connectivity index (χ4v) is 4.77. The molecule has 0 saturated carbocycles. The quantitative estimate of drug-likeness (QED) is 0.710. The zero-order chi connectivity index (χ0) is 19.7. The minimum atomic E-state index is -0.398. The van der Waals surface area contributed by atoms with E-state index in [2.05, 4.69) is 15.3 Å². The van der Waals surface area contributed by atoms with Gasteiger partial charge in [-0.05, 0) is 35.4 Å². The molecule has 1 aromatic heterocycles. The molecule has 9 heteroatoms. The number of carbonyl (C=O) groups excluding carboxylic acids is 1. The van der Waals surface area contributed by atoms with Crippen molar-refractivity contribution >= 4 is 51.7 Å². The minimum absolute atomic E-state index is 0.173. The van der Waals surface area contributed by atoms with E-state index in [1.54, 1.807) is 30.1 Å². The molecule has 146 valence electrons. The summed E-state index contributed by atoms with van der Waals surface area (Å²) in [6.07, 6.45) is 2.34. The van der Waals surface area contributed by atoms with Gasteiger partial charge in [-0.1, -0.05) is 11.8 Å². The molecule has 2 aliphatic rings. The van der Waals surface area contributed by atoms with Crippen molar-refractivity contribution in [2.75, 3.05) is 17.7 Å². The Balaban J connectivity index is 1.63. The summed E-state index contributed by atoms with van der Waals surface area (Å²) < 4.78 is 5.78. The molecule has 4 rings (SSSR count). The second kappa shape index (κ2) is 7.81. The van der Waals surface area contributed by atoms with Gasteiger partial charge < -0.3 is 15.8 Å². The molecule has 1 amide bonds. The van der Waals surface area contributed by atoms with Gasteiger partial charge in [0.15, 0.2) is 5.17 Å². The molecule has 0 saturated heterocycles. The van der Waals surface area contributed by atoms with Gasteiger partial charge in [0.05, 0.1) is 6.61 Å². The molecule has 1 atom stereocenters. The van der Waals surface area contributed by atoms with Crippen molar-refractivity contribution in [1.82, 2.24) is 4.98 Å². The fraction of sp³-hybridized carbons (Fsp3) is 0.316. The third-order valence-corrected chi connectivity index (χ3v) is 6.44. The number of benzene rings is 1. The lowest BCUT2D eigenvalue weighted by Gasteiger charge is -2.32. The number of anilines is 1. The predicted octanol–water partition coefficient (Wildman–Crippen LogP) is 3.85. The lowest BCUT2D eigenvalue weighted by Crippen LogP contribution is -2.32. The Labute approximate surface area is 176 Å². The van der Waals surface area contributed by atoms with Gasteiger partial charge in [-0.25, -0.2) is 0 Å². The van der Waals surface area contributed by atoms with Crippen LogP contribution in [0.3, 0.4) is 0 Å². The van der Waals surface area contributed by atoms with Crippen molar-refractivity contribution in [3.05, 3.63) is 52.8 Å². The molecule has 1 unspecified atom stereocenters. The smallest absolute Gasteiger partial charge is 0.274 e. The number of nitrogens with one attached hydrogen (secondary N) is 1. The minimum Gasteiger partial charge on any atom is -0.493 e. The van der Waals surface area contributed by atoms with Crippen LogP contribution in [0.4, 0.5) is 5.69 Å². The molecule has 2 aromatic rings. The summed E-state index contributed by atoms with van der Waals surface area (Å²) in [5.41, 5.74) is 8.84. The summed E-state index contributed by atoms with van der Waals surface area (Å²) in [5.74, 6) is 1.70. The molecule has 2 aliphatic heterocycles. The largest absolute Gasteiger partial charge is 0.493 e. The highest BCUT2D eigenvalue weighted by Crippen LogP contribution is 2.46. The number of pyridine rings is 1. The number of aromatic nitrogens is 1. The lowest BCUT2D eigenvalue weighted by molar-refractivity contribution is 0.102. The van der Waals surface area contributed by atoms with E-state index in [9.17, 15) is 4.79 Å². The zero-order valence-electron chi connectivity index (χ0n) is 14.9. The second-order valence-corrected chi connectivity index (χ2v) is 8.18. The summed E-state index contributed by atoms with van der Waals surface area (Å²) in [5, 5.41) is 3.48. The molecular formula is C19H18Cl2N4O2S. The number of thioether (sulfide) groups is 1. The molecule has 0 bridgehead atoms. The highest BCUT2D eigenvalue weighted by atomic mass is 35.5. The van der Waals surface area contributed by atoms with Crippen molar-refractivity contribution in [1.29, 1.82) is 0 Å². The first-order chi connectivity index (χ1) is 13.5. The maximum Gasteiger partial charge on any atom is 0.274 e. The summed E-state index contributed by atoms with van der Waals surface area (Å²) in [7, 11) is 0. The summed E-state index contributed by atoms with van der Waals surface area (Å²) in [6.45, 7) is 0.589. The number of nitrogens with two attached hydrogens (primary N) is 1. The number of halogens is 2. The van der Waals surface area contributed by atoms with Gasteiger partial charge in [0.1, 0.15) is 17.0 Å². The van der Waals surface area contributed by atoms with Crippen molar-refractivity contribution in [3.8, 4) is 5.75 Å². The molecule has 0 fully saturated rings. The lowest BCUT2D eigenvalue weighted by atomic mass is 9.86. The van der Waals surface area contributed by atoms with Gasteiger partial charge in [-0.2, -0.15) is 0 Å². The van der Waals surface area contributed by atoms with Crippen LogP contribution in [-0.2, 0) is 17.3 Å². The number of hydrogen-bond donors (Lipinski definition) is 2. The topological polar surface area (TPSA) is 89.6 Å². The van der Waals surface area contributed by atoms with Crippen LogP contribution in [0.1, 0.15) is 33.6 Å². The summed E-state index contributed by atoms with van der Waals surface area (Å²) in [6, 6.07) is 7.36. The molecule has 28 heavy (non-hydrogen) atoms. The SMILES string of the molecule is NC1=NC2(CCOc3ccc(NC(=O)c4ncc(CCl)cc4CCl)cc32)CS1. The van der Waals surface area contributed by atoms with Crippen LogP contribution in [0, 0.1) is 0 Å². The highest BCUT2D eigenvalue weighted by Gasteiger charge is 2.41. The Hall–Kier alpha value is -1.96. The normalized spacial score (nSPS) is 20.4. The molecule has 6 nitrogen and oxygen atoms in total. The predicted molar refractivity (Wildman–Crippen MR) is 114 cm³/mol. The molecule has 3 N–H and O–H groups in total. The van der Waals surface area contributed by atoms with Crippen LogP contribution in [0.25, 0.3) is 0 Å². The maximum absolute atomic E-state index is 12.8. The first-order valence-electron chi connectivity index (χ1n) is 8.71. The maximum atomic E-state index is 12.8. The van der Waals surface area contributed by atoms with E-state index < -0.39 is 5.54 Å². The van der Waals surface area contributed by atoms with Crippen LogP contribution in [0.2, 0.25) is 0 Å². The number of alkyl halides is 2. The van der Waals surface area contributed by atoms with Crippen LogP contribution < -0.4 is 15.8 Å². The zero-order valence-corrected chi connectivity index (χ0v) is 17.2. The van der Waals surface area contributed by atoms with Gasteiger partial charge in [0, 0.05) is 41.4 Å². The monoisotopic (exact) mass is 436 g/mol. The number of hydrogen-bond acceptors (Lipinski definition) is 6. The highest BCUT2D eigenvalue weighted by molar-refractivity contribution is 8.14. The van der Waals surface area contributed by atoms with Crippen molar-refractivity contribution < 1.29 is 9.53 Å². The Bertz CT molecular complexity index is 969. The number of fused-ring (bicyclic) bond motifs is 2. The Morgan fingerprint density at radius 2 is 2.18 bits per heavy atom. The van der Waals surface area contributed by atoms with E-state index in [1.807, 2.05) is 12.1 Å². The van der Waals surface area contributed by atoms with Crippen LogP contribution in [0.15, 0.2) is 35.5 Å². The molecule has 0 aliphatic carbocycles. The van der Waals surface area contributed by atoms with Crippen molar-refractivity contribution in [2.24, 2.45) is 10.7 Å². The third kappa shape index (κ3) is 3.54. The fourth-order valence-electron chi connectivity index (χ4n) is 3.43. The molecular weight excluding hydrogens is 419 g/mol. The number of ether oxygens (including phenoxy) is 1. The molecule has 0 radical (unpaired) electrons. The number of rotatable bonds is 4. The van der Waals surface area contributed by atoms with Gasteiger partial charge in [-0.3, -0.25) is 14.8 Å². The Morgan fingerprint density at radius 1 is 1.32 bits per heavy atom. The number of amides is 1. The van der Waals surface area contributed by atoms with Gasteiger partial charge >= 0.3 is 0 Å². The molecule has 3 heterocycles. The number of amidine groups is 1. The van der Waals surface area contributed by atoms with E-state index >= 15 is 0 Å². The standard InChI is InChI=1S/C19H18Cl2N4O2S/c20-7-11-5-12(8-21)16(23-9-11)17(26)24-13-1-2-15-14(6-13)19(3-4-27-15)10-28-18(22)25-19/h1-2,5-6,9H,3-4,7-8,10H2,(H2,22,25)(H,24,26). The summed E-state index contributed by atoms with van der Waals surface area (Å²) in [4.78, 5) is 21.7. The van der Waals surface area contributed by atoms with Crippen LogP contribution in [0.5, 0.6) is 5.75 Å². The molecule has 1 aromatic carbocycles. The first-order valence-corrected chi connectivity index (χ1v) is 10.8. The van der Waals surface area contributed by atoms with Gasteiger partial charge in [-0.15, -0.1) is 23.2 Å². The number of carbonyl (C=O) groups is 1. The van der Waals surface area contributed by atoms with E-state index in [4.69, 9.17) is 33.7 Å². The third-order valence-electron chi connectivity index (χ3n) is 4.83. The number of aliphatic imine (C=N–C) groups is 1. The number of nitrogens with zero attached hydrogens (tertiary/aromatic N) is 2. The Morgan fingerprint density at radius 3 is 2.89 bits per heavy atom. The van der Waals surface area contributed by atoms with E-state index in [1.165, 1.54) is 0 Å². The first kappa shape index (κ1) is 19.4. The van der Waals surface area contributed by atoms with Crippen molar-refractivity contribution in [3.63, 3.8) is 0 Å². The average molecular weight is 437 g/mol. The van der Waals surface area contributed by atoms with E-state index in [-0.39, 0.29) is 17.5 Å². The second-order valence-electron chi connectivity index (χ2n) is 6.65. The van der Waals surface area contributed by atoms with Crippen molar-refractivity contribution in [2.45, 2.75) is 23.7 Å². The van der Waals surface area contributed by atoms with E-state index in [0.29, 0.717) is 28.9 Å².